The van der Waals surface area contributed by atoms with Crippen LogP contribution in [0.5, 0.6) is 0 Å². The lowest BCUT2D eigenvalue weighted by molar-refractivity contribution is -0.113. The molecular weight excluding hydrogens is 365 g/mol. The van der Waals surface area contributed by atoms with E-state index in [-0.39, 0.29) is 11.7 Å². The Hall–Kier alpha value is -1.95. The topological polar surface area (TPSA) is 57.8 Å². The van der Waals surface area contributed by atoms with Gasteiger partial charge in [0.1, 0.15) is 0 Å². The van der Waals surface area contributed by atoms with Gasteiger partial charge in [0.15, 0.2) is 5.16 Å². The fourth-order valence-electron chi connectivity index (χ4n) is 2.06. The number of aromatic nitrogens is 2. The molecule has 0 bridgehead atoms. The molecule has 0 aliphatic carbocycles. The Morgan fingerprint density at radius 2 is 1.92 bits per heavy atom. The Bertz CT molecular complexity index is 852. The maximum atomic E-state index is 12.1. The van der Waals surface area contributed by atoms with Gasteiger partial charge in [-0.1, -0.05) is 71.4 Å². The number of rotatable bonds is 5. The number of imidazole rings is 1. The summed E-state index contributed by atoms with van der Waals surface area (Å²) in [7, 11) is 0. The second kappa shape index (κ2) is 7.75. The number of aromatic amines is 1. The number of hydrogen-bond donors (Lipinski definition) is 2. The number of nitrogens with one attached hydrogen (secondary N) is 2. The first-order valence-electron chi connectivity index (χ1n) is 7.10. The molecule has 0 atom stereocenters. The van der Waals surface area contributed by atoms with Crippen LogP contribution in [0.3, 0.4) is 0 Å². The van der Waals surface area contributed by atoms with Crippen molar-refractivity contribution >= 4 is 46.6 Å². The predicted molar refractivity (Wildman–Crippen MR) is 99.8 cm³/mol. The van der Waals surface area contributed by atoms with Crippen molar-refractivity contribution in [3.63, 3.8) is 0 Å². The quantitative estimate of drug-likeness (QED) is 0.607. The van der Waals surface area contributed by atoms with E-state index in [9.17, 15) is 4.79 Å². The van der Waals surface area contributed by atoms with Crippen molar-refractivity contribution in [2.24, 2.45) is 0 Å². The number of benzene rings is 2. The molecule has 122 valence electrons. The van der Waals surface area contributed by atoms with E-state index in [4.69, 9.17) is 23.2 Å². The van der Waals surface area contributed by atoms with E-state index in [0.717, 1.165) is 11.3 Å². The third-order valence-electron chi connectivity index (χ3n) is 3.20. The second-order valence-electron chi connectivity index (χ2n) is 4.91. The lowest BCUT2D eigenvalue weighted by atomic mass is 10.2. The van der Waals surface area contributed by atoms with E-state index in [1.54, 1.807) is 24.4 Å². The SMILES string of the molecule is O=C(CSc1ncc(-c2ccccc2)[nH]1)Nc1cccc(Cl)c1Cl. The van der Waals surface area contributed by atoms with Gasteiger partial charge in [-0.15, -0.1) is 0 Å². The summed E-state index contributed by atoms with van der Waals surface area (Å²) in [5, 5.41) is 4.16. The average molecular weight is 378 g/mol. The van der Waals surface area contributed by atoms with E-state index in [1.165, 1.54) is 11.8 Å². The molecule has 0 radical (unpaired) electrons. The molecule has 2 aromatic carbocycles. The number of thioether (sulfide) groups is 1. The van der Waals surface area contributed by atoms with Gasteiger partial charge < -0.3 is 10.3 Å². The van der Waals surface area contributed by atoms with Crippen molar-refractivity contribution in [1.29, 1.82) is 0 Å². The summed E-state index contributed by atoms with van der Waals surface area (Å²) in [6.45, 7) is 0. The van der Waals surface area contributed by atoms with Crippen molar-refractivity contribution in [2.75, 3.05) is 11.1 Å². The Balaban J connectivity index is 1.59. The summed E-state index contributed by atoms with van der Waals surface area (Å²) < 4.78 is 0. The zero-order valence-corrected chi connectivity index (χ0v) is 14.8. The molecule has 0 spiro atoms. The van der Waals surface area contributed by atoms with E-state index >= 15 is 0 Å². The molecule has 1 amide bonds. The summed E-state index contributed by atoms with van der Waals surface area (Å²) in [4.78, 5) is 19.5. The highest BCUT2D eigenvalue weighted by Gasteiger charge is 2.10. The van der Waals surface area contributed by atoms with Crippen LogP contribution in [-0.4, -0.2) is 21.6 Å². The number of carbonyl (C=O) groups is 1. The minimum Gasteiger partial charge on any atom is -0.333 e. The maximum absolute atomic E-state index is 12.1. The molecule has 3 aromatic rings. The smallest absolute Gasteiger partial charge is 0.234 e. The Labute approximate surface area is 153 Å². The predicted octanol–water partition coefficient (Wildman–Crippen LogP) is 5.11. The number of H-pyrrole nitrogens is 1. The summed E-state index contributed by atoms with van der Waals surface area (Å²) >= 11 is 13.3. The third kappa shape index (κ3) is 4.12. The van der Waals surface area contributed by atoms with Gasteiger partial charge in [-0.25, -0.2) is 4.98 Å². The minimum atomic E-state index is -0.179. The van der Waals surface area contributed by atoms with Gasteiger partial charge >= 0.3 is 0 Å². The van der Waals surface area contributed by atoms with Crippen molar-refractivity contribution in [3.8, 4) is 11.3 Å². The lowest BCUT2D eigenvalue weighted by Crippen LogP contribution is -2.14. The minimum absolute atomic E-state index is 0.179. The van der Waals surface area contributed by atoms with Gasteiger partial charge in [0.25, 0.3) is 0 Å². The van der Waals surface area contributed by atoms with Gasteiger partial charge in [-0.3, -0.25) is 4.79 Å². The number of halogens is 2. The number of anilines is 1. The van der Waals surface area contributed by atoms with Crippen molar-refractivity contribution < 1.29 is 4.79 Å². The normalized spacial score (nSPS) is 10.6. The van der Waals surface area contributed by atoms with Crippen molar-refractivity contribution in [1.82, 2.24) is 9.97 Å². The van der Waals surface area contributed by atoms with Crippen LogP contribution >= 0.6 is 35.0 Å². The van der Waals surface area contributed by atoms with Crippen molar-refractivity contribution in [3.05, 3.63) is 64.8 Å². The highest BCUT2D eigenvalue weighted by molar-refractivity contribution is 7.99. The number of amides is 1. The standard InChI is InChI=1S/C17H13Cl2N3OS/c18-12-7-4-8-13(16(12)19)21-15(23)10-24-17-20-9-14(22-17)11-5-2-1-3-6-11/h1-9H,10H2,(H,20,22)(H,21,23). The molecule has 0 unspecified atom stereocenters. The molecule has 0 aliphatic heterocycles. The van der Waals surface area contributed by atoms with Crippen LogP contribution in [0.25, 0.3) is 11.3 Å². The molecule has 2 N–H and O–H groups in total. The Morgan fingerprint density at radius 1 is 1.12 bits per heavy atom. The average Bonchev–Trinajstić information content (AvgIpc) is 3.07. The number of hydrogen-bond acceptors (Lipinski definition) is 3. The number of nitrogens with zero attached hydrogens (tertiary/aromatic N) is 1. The third-order valence-corrected chi connectivity index (χ3v) is 4.91. The lowest BCUT2D eigenvalue weighted by Gasteiger charge is -2.07. The van der Waals surface area contributed by atoms with Gasteiger partial charge in [0, 0.05) is 0 Å². The van der Waals surface area contributed by atoms with E-state index in [2.05, 4.69) is 15.3 Å². The monoisotopic (exact) mass is 377 g/mol. The second-order valence-corrected chi connectivity index (χ2v) is 6.66. The maximum Gasteiger partial charge on any atom is 0.234 e. The molecule has 4 nitrogen and oxygen atoms in total. The number of carbonyl (C=O) groups excluding carboxylic acids is 1. The molecule has 7 heteroatoms. The first-order chi connectivity index (χ1) is 11.6. The molecule has 24 heavy (non-hydrogen) atoms. The van der Waals surface area contributed by atoms with E-state index in [1.807, 2.05) is 30.3 Å². The molecular formula is C17H13Cl2N3OS. The molecule has 1 aromatic heterocycles. The van der Waals surface area contributed by atoms with Crippen molar-refractivity contribution in [2.45, 2.75) is 5.16 Å². The van der Waals surface area contributed by atoms with Crippen LogP contribution in [0.15, 0.2) is 59.9 Å². The molecule has 1 heterocycles. The Morgan fingerprint density at radius 3 is 2.71 bits per heavy atom. The Kier molecular flexibility index (Phi) is 5.45. The molecule has 0 saturated carbocycles. The van der Waals surface area contributed by atoms with Crippen LogP contribution in [0.4, 0.5) is 5.69 Å². The zero-order valence-electron chi connectivity index (χ0n) is 12.4. The fraction of sp³-hybridized carbons (Fsp3) is 0.0588. The first kappa shape index (κ1) is 16.9. The van der Waals surface area contributed by atoms with Crippen LogP contribution in [0.2, 0.25) is 10.0 Å². The summed E-state index contributed by atoms with van der Waals surface area (Å²) in [6, 6.07) is 15.0. The van der Waals surface area contributed by atoms with E-state index in [0.29, 0.717) is 20.9 Å². The largest absolute Gasteiger partial charge is 0.333 e. The zero-order chi connectivity index (χ0) is 16.9. The fourth-order valence-corrected chi connectivity index (χ4v) is 3.06. The van der Waals surface area contributed by atoms with Gasteiger partial charge in [0.2, 0.25) is 5.91 Å². The van der Waals surface area contributed by atoms with Crippen LogP contribution < -0.4 is 5.32 Å². The summed E-state index contributed by atoms with van der Waals surface area (Å²) in [5.74, 6) is 0.0340. The van der Waals surface area contributed by atoms with Gasteiger partial charge in [0.05, 0.1) is 33.4 Å². The summed E-state index contributed by atoms with van der Waals surface area (Å²) in [6.07, 6.45) is 1.75. The first-order valence-corrected chi connectivity index (χ1v) is 8.85. The van der Waals surface area contributed by atoms with Crippen LogP contribution in [0, 0.1) is 0 Å². The molecule has 3 rings (SSSR count). The molecule has 0 saturated heterocycles. The van der Waals surface area contributed by atoms with Gasteiger partial charge in [-0.2, -0.15) is 0 Å². The highest BCUT2D eigenvalue weighted by atomic mass is 35.5. The molecule has 0 fully saturated rings. The van der Waals surface area contributed by atoms with Crippen LogP contribution in [-0.2, 0) is 4.79 Å². The molecule has 0 aliphatic rings. The van der Waals surface area contributed by atoms with E-state index < -0.39 is 0 Å². The van der Waals surface area contributed by atoms with Gasteiger partial charge in [-0.05, 0) is 17.7 Å². The highest BCUT2D eigenvalue weighted by Crippen LogP contribution is 2.29. The van der Waals surface area contributed by atoms with Crippen LogP contribution in [0.1, 0.15) is 0 Å². The summed E-state index contributed by atoms with van der Waals surface area (Å²) in [5.41, 5.74) is 2.46.